The first-order valence-electron chi connectivity index (χ1n) is 6.71. The number of hydrogen-bond acceptors (Lipinski definition) is 2. The van der Waals surface area contributed by atoms with E-state index in [4.69, 9.17) is 4.74 Å². The van der Waals surface area contributed by atoms with Crippen LogP contribution in [-0.4, -0.2) is 35.4 Å². The number of carbonyl (C=O) groups is 1. The van der Waals surface area contributed by atoms with Gasteiger partial charge in [-0.1, -0.05) is 30.4 Å². The predicted molar refractivity (Wildman–Crippen MR) is 78.6 cm³/mol. The van der Waals surface area contributed by atoms with Crippen molar-refractivity contribution in [2.45, 2.75) is 32.4 Å². The summed E-state index contributed by atoms with van der Waals surface area (Å²) in [6.07, 6.45) is -0.888. The van der Waals surface area contributed by atoms with Crippen molar-refractivity contribution in [3.63, 3.8) is 0 Å². The molecule has 4 heteroatoms. The normalized spacial score (nSPS) is 17.6. The molecule has 1 aromatic rings. The van der Waals surface area contributed by atoms with E-state index >= 15 is 0 Å². The van der Waals surface area contributed by atoms with E-state index in [0.717, 1.165) is 16.7 Å². The number of carboxylic acid groups (broad SMARTS) is 1. The van der Waals surface area contributed by atoms with E-state index in [0.29, 0.717) is 13.2 Å². The number of rotatable bonds is 5. The fourth-order valence-electron chi connectivity index (χ4n) is 2.24. The molecular formula is C16H21NO3. The Morgan fingerprint density at radius 3 is 2.70 bits per heavy atom. The highest BCUT2D eigenvalue weighted by Gasteiger charge is 2.37. The molecule has 0 bridgehead atoms. The van der Waals surface area contributed by atoms with Crippen LogP contribution in [0.25, 0.3) is 5.57 Å². The molecule has 1 aliphatic rings. The molecule has 1 aromatic carbocycles. The molecule has 0 aliphatic carbocycles. The summed E-state index contributed by atoms with van der Waals surface area (Å²) < 4.78 is 5.16. The first-order chi connectivity index (χ1) is 9.32. The molecule has 1 unspecified atom stereocenters. The van der Waals surface area contributed by atoms with E-state index in [1.54, 1.807) is 0 Å². The van der Waals surface area contributed by atoms with Gasteiger partial charge in [-0.25, -0.2) is 4.79 Å². The molecule has 108 valence electrons. The van der Waals surface area contributed by atoms with E-state index in [1.165, 1.54) is 4.90 Å². The minimum absolute atomic E-state index is 0.0368. The predicted octanol–water partition coefficient (Wildman–Crippen LogP) is 3.33. The lowest BCUT2D eigenvalue weighted by molar-refractivity contribution is 0.0856. The molecule has 1 N–H and O–H groups in total. The number of allylic oxidation sites excluding steroid dienone is 1. The second kappa shape index (κ2) is 5.29. The Bertz CT molecular complexity index is 532. The van der Waals surface area contributed by atoms with Crippen LogP contribution in [0.15, 0.2) is 30.8 Å². The molecule has 0 saturated carbocycles. The Balaban J connectivity index is 2.32. The van der Waals surface area contributed by atoms with Crippen LogP contribution in [-0.2, 0) is 10.3 Å². The molecule has 0 spiro atoms. The van der Waals surface area contributed by atoms with Crippen LogP contribution >= 0.6 is 0 Å². The highest BCUT2D eigenvalue weighted by Crippen LogP contribution is 2.31. The van der Waals surface area contributed by atoms with Crippen molar-refractivity contribution >= 4 is 11.7 Å². The van der Waals surface area contributed by atoms with Crippen LogP contribution in [0.1, 0.15) is 31.9 Å². The number of nitrogens with zero attached hydrogens (tertiary/aromatic N) is 1. The highest BCUT2D eigenvalue weighted by molar-refractivity contribution is 5.67. The van der Waals surface area contributed by atoms with E-state index in [-0.39, 0.29) is 6.10 Å². The van der Waals surface area contributed by atoms with Crippen LogP contribution < -0.4 is 0 Å². The van der Waals surface area contributed by atoms with Gasteiger partial charge in [0.2, 0.25) is 0 Å². The zero-order valence-electron chi connectivity index (χ0n) is 12.2. The summed E-state index contributed by atoms with van der Waals surface area (Å²) in [6, 6.07) is 7.88. The lowest BCUT2D eigenvalue weighted by atomic mass is 9.90. The SMILES string of the molecule is C=C(C)c1cccc(C(C)(C)N(CC2CO2)C(=O)O)c1. The fourth-order valence-corrected chi connectivity index (χ4v) is 2.24. The van der Waals surface area contributed by atoms with E-state index < -0.39 is 11.6 Å². The van der Waals surface area contributed by atoms with Gasteiger partial charge in [0, 0.05) is 0 Å². The number of epoxide rings is 1. The summed E-state index contributed by atoms with van der Waals surface area (Å²) in [5.74, 6) is 0. The lowest BCUT2D eigenvalue weighted by Gasteiger charge is -2.37. The Morgan fingerprint density at radius 1 is 1.55 bits per heavy atom. The Morgan fingerprint density at radius 2 is 2.20 bits per heavy atom. The summed E-state index contributed by atoms with van der Waals surface area (Å²) in [5, 5.41) is 9.48. The van der Waals surface area contributed by atoms with Gasteiger partial charge in [-0.05, 0) is 38.0 Å². The first kappa shape index (κ1) is 14.6. The highest BCUT2D eigenvalue weighted by atomic mass is 16.6. The number of hydrogen-bond donors (Lipinski definition) is 1. The van der Waals surface area contributed by atoms with E-state index in [2.05, 4.69) is 6.58 Å². The monoisotopic (exact) mass is 275 g/mol. The maximum atomic E-state index is 11.6. The minimum atomic E-state index is -0.925. The summed E-state index contributed by atoms with van der Waals surface area (Å²) >= 11 is 0. The van der Waals surface area contributed by atoms with Crippen molar-refractivity contribution in [1.29, 1.82) is 0 Å². The van der Waals surface area contributed by atoms with Crippen LogP contribution in [0.5, 0.6) is 0 Å². The number of amides is 1. The average molecular weight is 275 g/mol. The molecule has 1 heterocycles. The molecule has 1 atom stereocenters. The molecule has 4 nitrogen and oxygen atoms in total. The molecule has 0 aromatic heterocycles. The first-order valence-corrected chi connectivity index (χ1v) is 6.71. The molecule has 1 amide bonds. The lowest BCUT2D eigenvalue weighted by Crippen LogP contribution is -2.46. The second-order valence-electron chi connectivity index (χ2n) is 5.77. The quantitative estimate of drug-likeness (QED) is 0.839. The van der Waals surface area contributed by atoms with Crippen molar-refractivity contribution in [1.82, 2.24) is 4.90 Å². The Labute approximate surface area is 119 Å². The molecule has 1 aliphatic heterocycles. The third kappa shape index (κ3) is 3.02. The van der Waals surface area contributed by atoms with Crippen LogP contribution in [0.4, 0.5) is 4.79 Å². The van der Waals surface area contributed by atoms with Gasteiger partial charge in [-0.3, -0.25) is 4.90 Å². The van der Waals surface area contributed by atoms with Crippen LogP contribution in [0.3, 0.4) is 0 Å². The second-order valence-corrected chi connectivity index (χ2v) is 5.77. The maximum absolute atomic E-state index is 11.6. The van der Waals surface area contributed by atoms with Crippen LogP contribution in [0.2, 0.25) is 0 Å². The summed E-state index contributed by atoms with van der Waals surface area (Å²) in [6.45, 7) is 10.8. The van der Waals surface area contributed by atoms with Crippen molar-refractivity contribution in [2.75, 3.05) is 13.2 Å². The van der Waals surface area contributed by atoms with Gasteiger partial charge in [0.1, 0.15) is 0 Å². The zero-order valence-corrected chi connectivity index (χ0v) is 12.2. The van der Waals surface area contributed by atoms with Gasteiger partial charge in [0.05, 0.1) is 24.8 Å². The molecule has 1 fully saturated rings. The summed E-state index contributed by atoms with van der Waals surface area (Å²) in [4.78, 5) is 13.0. The standard InChI is InChI=1S/C16H21NO3/c1-11(2)12-6-5-7-13(8-12)16(3,4)17(15(18)19)9-14-10-20-14/h5-8,14H,1,9-10H2,2-4H3,(H,18,19). The third-order valence-electron chi connectivity index (χ3n) is 3.76. The topological polar surface area (TPSA) is 53.1 Å². The summed E-state index contributed by atoms with van der Waals surface area (Å²) in [7, 11) is 0. The molecule has 1 saturated heterocycles. The van der Waals surface area contributed by atoms with Gasteiger partial charge in [0.15, 0.2) is 0 Å². The zero-order chi connectivity index (χ0) is 14.9. The third-order valence-corrected chi connectivity index (χ3v) is 3.76. The minimum Gasteiger partial charge on any atom is -0.465 e. The Kier molecular flexibility index (Phi) is 3.86. The number of ether oxygens (including phenoxy) is 1. The van der Waals surface area contributed by atoms with Gasteiger partial charge in [0.25, 0.3) is 0 Å². The average Bonchev–Trinajstić information content (AvgIpc) is 3.19. The molecular weight excluding hydrogens is 254 g/mol. The van der Waals surface area contributed by atoms with Crippen molar-refractivity contribution in [2.24, 2.45) is 0 Å². The summed E-state index contributed by atoms with van der Waals surface area (Å²) in [5.41, 5.74) is 2.35. The van der Waals surface area contributed by atoms with Gasteiger partial charge in [-0.2, -0.15) is 0 Å². The van der Waals surface area contributed by atoms with Gasteiger partial charge < -0.3 is 9.84 Å². The van der Waals surface area contributed by atoms with E-state index in [9.17, 15) is 9.90 Å². The molecule has 2 rings (SSSR count). The smallest absolute Gasteiger partial charge is 0.408 e. The van der Waals surface area contributed by atoms with Gasteiger partial charge >= 0.3 is 6.09 Å². The largest absolute Gasteiger partial charge is 0.465 e. The molecule has 0 radical (unpaired) electrons. The van der Waals surface area contributed by atoms with Crippen molar-refractivity contribution in [3.05, 3.63) is 42.0 Å². The van der Waals surface area contributed by atoms with Crippen molar-refractivity contribution < 1.29 is 14.6 Å². The van der Waals surface area contributed by atoms with Crippen molar-refractivity contribution in [3.8, 4) is 0 Å². The van der Waals surface area contributed by atoms with Gasteiger partial charge in [-0.15, -0.1) is 0 Å². The Hall–Kier alpha value is -1.81. The van der Waals surface area contributed by atoms with Crippen LogP contribution in [0, 0.1) is 0 Å². The van der Waals surface area contributed by atoms with E-state index in [1.807, 2.05) is 45.0 Å². The number of benzene rings is 1. The fraction of sp³-hybridized carbons (Fsp3) is 0.438. The molecule has 20 heavy (non-hydrogen) atoms. The maximum Gasteiger partial charge on any atom is 0.408 e.